The van der Waals surface area contributed by atoms with Gasteiger partial charge in [-0.1, -0.05) is 31.5 Å². The molecule has 29 heavy (non-hydrogen) atoms. The lowest BCUT2D eigenvalue weighted by molar-refractivity contribution is -0.152. The van der Waals surface area contributed by atoms with Crippen LogP contribution >= 0.6 is 0 Å². The van der Waals surface area contributed by atoms with Crippen LogP contribution in [0.15, 0.2) is 29.2 Å². The number of rotatable bonds is 7. The van der Waals surface area contributed by atoms with E-state index in [1.54, 1.807) is 32.9 Å². The predicted molar refractivity (Wildman–Crippen MR) is 106 cm³/mol. The maximum Gasteiger partial charge on any atom is 0.324 e. The first-order valence-corrected chi connectivity index (χ1v) is 10.9. The minimum atomic E-state index is -3.84. The highest BCUT2D eigenvalue weighted by Gasteiger charge is 2.40. The van der Waals surface area contributed by atoms with E-state index in [1.807, 2.05) is 13.0 Å². The third-order valence-corrected chi connectivity index (χ3v) is 7.16. The van der Waals surface area contributed by atoms with E-state index in [1.165, 1.54) is 12.1 Å². The van der Waals surface area contributed by atoms with Gasteiger partial charge in [-0.25, -0.2) is 8.42 Å². The number of carbonyl (C=O) groups is 2. The third-order valence-electron chi connectivity index (χ3n) is 5.23. The van der Waals surface area contributed by atoms with Gasteiger partial charge in [0.05, 0.1) is 11.0 Å². The summed E-state index contributed by atoms with van der Waals surface area (Å²) in [6, 6.07) is 7.48. The zero-order valence-corrected chi connectivity index (χ0v) is 18.0. The van der Waals surface area contributed by atoms with E-state index in [9.17, 15) is 23.3 Å². The highest BCUT2D eigenvalue weighted by Crippen LogP contribution is 2.27. The van der Waals surface area contributed by atoms with Crippen molar-refractivity contribution in [1.82, 2.24) is 9.62 Å². The van der Waals surface area contributed by atoms with Crippen molar-refractivity contribution in [1.29, 1.82) is 5.26 Å². The number of aryl methyl sites for hydroxylation is 1. The lowest BCUT2D eigenvalue weighted by atomic mass is 9.90. The number of nitrogens with one attached hydrogen (secondary N) is 1. The van der Waals surface area contributed by atoms with E-state index in [2.05, 4.69) is 5.32 Å². The molecule has 9 heteroatoms. The normalized spacial score (nSPS) is 19.4. The molecule has 1 saturated heterocycles. The molecule has 158 valence electrons. The number of hydrogen-bond donors (Lipinski definition) is 1. The molecule has 1 aliphatic rings. The van der Waals surface area contributed by atoms with Crippen LogP contribution in [0.5, 0.6) is 0 Å². The fourth-order valence-electron chi connectivity index (χ4n) is 2.97. The van der Waals surface area contributed by atoms with Gasteiger partial charge >= 0.3 is 5.97 Å². The number of carbonyl (C=O) groups excluding carboxylic acids is 2. The Hall–Kier alpha value is -2.44. The molecule has 1 N–H and O–H groups in total. The molecular formula is C20H27N3O5S. The molecule has 2 atom stereocenters. The highest BCUT2D eigenvalue weighted by atomic mass is 32.2. The molecule has 8 nitrogen and oxygen atoms in total. The van der Waals surface area contributed by atoms with Crippen LogP contribution in [0.1, 0.15) is 39.2 Å². The van der Waals surface area contributed by atoms with Crippen molar-refractivity contribution in [3.05, 3.63) is 29.8 Å². The average molecular weight is 422 g/mol. The lowest BCUT2D eigenvalue weighted by Gasteiger charge is -2.27. The van der Waals surface area contributed by atoms with Gasteiger partial charge in [0, 0.05) is 6.54 Å². The van der Waals surface area contributed by atoms with Crippen LogP contribution in [0.4, 0.5) is 0 Å². The average Bonchev–Trinajstić information content (AvgIpc) is 3.17. The molecule has 1 aromatic rings. The van der Waals surface area contributed by atoms with Gasteiger partial charge in [-0.3, -0.25) is 9.59 Å². The Kier molecular flexibility index (Phi) is 7.03. The van der Waals surface area contributed by atoms with Crippen LogP contribution in [0.25, 0.3) is 0 Å². The largest absolute Gasteiger partial charge is 0.454 e. The Balaban J connectivity index is 2.04. The summed E-state index contributed by atoms with van der Waals surface area (Å²) in [4.78, 5) is 24.7. The first-order chi connectivity index (χ1) is 13.5. The van der Waals surface area contributed by atoms with E-state index in [-0.39, 0.29) is 17.4 Å². The number of amides is 1. The summed E-state index contributed by atoms with van der Waals surface area (Å²) in [7, 11) is -3.84. The molecule has 1 aromatic carbocycles. The summed E-state index contributed by atoms with van der Waals surface area (Å²) in [6.45, 7) is 6.67. The Bertz CT molecular complexity index is 905. The van der Waals surface area contributed by atoms with Crippen LogP contribution in [-0.2, 0) is 24.3 Å². The van der Waals surface area contributed by atoms with Gasteiger partial charge in [0.2, 0.25) is 10.0 Å². The van der Waals surface area contributed by atoms with E-state index >= 15 is 0 Å². The minimum Gasteiger partial charge on any atom is -0.454 e. The number of nitriles is 1. The molecule has 1 heterocycles. The first-order valence-electron chi connectivity index (χ1n) is 9.48. The van der Waals surface area contributed by atoms with E-state index in [0.717, 1.165) is 9.87 Å². The van der Waals surface area contributed by atoms with Crippen LogP contribution < -0.4 is 5.32 Å². The fourth-order valence-corrected chi connectivity index (χ4v) is 4.62. The standard InChI is InChI=1S/C20H27N3O5S/c1-14(2)20(4,13-21)22-18(24)12-28-19(25)17-6-5-11-23(17)29(26,27)16-9-7-15(3)8-10-16/h7-10,14,17H,5-6,11-12H2,1-4H3,(H,22,24)/t17-,20-/m0/s1. The van der Waals surface area contributed by atoms with Crippen molar-refractivity contribution in [3.63, 3.8) is 0 Å². The number of hydrogen-bond acceptors (Lipinski definition) is 6. The van der Waals surface area contributed by atoms with Gasteiger partial charge in [0.15, 0.2) is 6.61 Å². The highest BCUT2D eigenvalue weighted by molar-refractivity contribution is 7.89. The molecule has 0 radical (unpaired) electrons. The van der Waals surface area contributed by atoms with E-state index in [0.29, 0.717) is 12.8 Å². The molecule has 0 saturated carbocycles. The first kappa shape index (κ1) is 22.8. The van der Waals surface area contributed by atoms with E-state index < -0.39 is 40.1 Å². The summed E-state index contributed by atoms with van der Waals surface area (Å²) in [6.07, 6.45) is 0.852. The lowest BCUT2D eigenvalue weighted by Crippen LogP contribution is -2.50. The smallest absolute Gasteiger partial charge is 0.324 e. The molecule has 0 spiro atoms. The Morgan fingerprint density at radius 1 is 1.34 bits per heavy atom. The van der Waals surface area contributed by atoms with Crippen molar-refractivity contribution in [3.8, 4) is 6.07 Å². The SMILES string of the molecule is Cc1ccc(S(=O)(=O)N2CCC[C@H]2C(=O)OCC(=O)N[C@@](C)(C#N)C(C)C)cc1. The van der Waals surface area contributed by atoms with Crippen molar-refractivity contribution in [2.45, 2.75) is 57.0 Å². The molecular weight excluding hydrogens is 394 g/mol. The van der Waals surface area contributed by atoms with E-state index in [4.69, 9.17) is 4.74 Å². The van der Waals surface area contributed by atoms with Crippen LogP contribution in [0.2, 0.25) is 0 Å². The Morgan fingerprint density at radius 3 is 2.52 bits per heavy atom. The van der Waals surface area contributed by atoms with Gasteiger partial charge in [0.25, 0.3) is 5.91 Å². The number of ether oxygens (including phenoxy) is 1. The van der Waals surface area contributed by atoms with Gasteiger partial charge in [0.1, 0.15) is 11.6 Å². The van der Waals surface area contributed by atoms with Gasteiger partial charge in [-0.15, -0.1) is 0 Å². The summed E-state index contributed by atoms with van der Waals surface area (Å²) in [5.41, 5.74) is -0.157. The Labute approximate surface area is 171 Å². The molecule has 2 rings (SSSR count). The third kappa shape index (κ3) is 5.14. The summed E-state index contributed by atoms with van der Waals surface area (Å²) >= 11 is 0. The Morgan fingerprint density at radius 2 is 1.97 bits per heavy atom. The fraction of sp³-hybridized carbons (Fsp3) is 0.550. The number of nitrogens with zero attached hydrogens (tertiary/aromatic N) is 2. The second kappa shape index (κ2) is 8.93. The summed E-state index contributed by atoms with van der Waals surface area (Å²) < 4.78 is 32.0. The van der Waals surface area contributed by atoms with Gasteiger partial charge in [-0.2, -0.15) is 9.57 Å². The van der Waals surface area contributed by atoms with Crippen molar-refractivity contribution in [2.24, 2.45) is 5.92 Å². The second-order valence-electron chi connectivity index (χ2n) is 7.71. The monoisotopic (exact) mass is 421 g/mol. The molecule has 0 aliphatic carbocycles. The van der Waals surface area contributed by atoms with Gasteiger partial charge < -0.3 is 10.1 Å². The van der Waals surface area contributed by atoms with Crippen molar-refractivity contribution in [2.75, 3.05) is 13.2 Å². The minimum absolute atomic E-state index is 0.113. The van der Waals surface area contributed by atoms with Crippen molar-refractivity contribution < 1.29 is 22.7 Å². The number of benzene rings is 1. The molecule has 1 amide bonds. The topological polar surface area (TPSA) is 117 Å². The summed E-state index contributed by atoms with van der Waals surface area (Å²) in [5, 5.41) is 11.8. The van der Waals surface area contributed by atoms with Gasteiger partial charge in [-0.05, 0) is 44.7 Å². The predicted octanol–water partition coefficient (Wildman–Crippen LogP) is 1.75. The second-order valence-corrected chi connectivity index (χ2v) is 9.60. The molecule has 1 aliphatic heterocycles. The van der Waals surface area contributed by atoms with Crippen molar-refractivity contribution >= 4 is 21.9 Å². The molecule has 1 fully saturated rings. The maximum atomic E-state index is 12.9. The zero-order chi connectivity index (χ0) is 21.8. The van der Waals surface area contributed by atoms with Crippen LogP contribution in [-0.4, -0.2) is 49.3 Å². The maximum absolute atomic E-state index is 12.9. The molecule has 0 unspecified atom stereocenters. The van der Waals surface area contributed by atoms with Crippen LogP contribution in [0.3, 0.4) is 0 Å². The summed E-state index contributed by atoms with van der Waals surface area (Å²) in [5.74, 6) is -1.52. The van der Waals surface area contributed by atoms with Crippen LogP contribution in [0, 0.1) is 24.2 Å². The number of sulfonamides is 1. The number of esters is 1. The quantitative estimate of drug-likeness (QED) is 0.671. The zero-order valence-electron chi connectivity index (χ0n) is 17.1. The molecule has 0 bridgehead atoms. The molecule has 0 aromatic heterocycles.